The Bertz CT molecular complexity index is 1020. The zero-order valence-corrected chi connectivity index (χ0v) is 16.8. The van der Waals surface area contributed by atoms with Crippen molar-refractivity contribution in [2.45, 2.75) is 13.1 Å². The Morgan fingerprint density at radius 1 is 0.968 bits per heavy atom. The number of anilines is 1. The van der Waals surface area contributed by atoms with Gasteiger partial charge >= 0.3 is 6.18 Å². The van der Waals surface area contributed by atoms with Crippen molar-refractivity contribution >= 4 is 23.5 Å². The van der Waals surface area contributed by atoms with Gasteiger partial charge in [-0.3, -0.25) is 9.59 Å². The maximum absolute atomic E-state index is 13.7. The molecule has 2 aromatic rings. The van der Waals surface area contributed by atoms with E-state index >= 15 is 0 Å². The van der Waals surface area contributed by atoms with Crippen molar-refractivity contribution in [3.63, 3.8) is 0 Å². The van der Waals surface area contributed by atoms with Crippen LogP contribution in [0.3, 0.4) is 0 Å². The van der Waals surface area contributed by atoms with Gasteiger partial charge in [-0.05, 0) is 37.3 Å². The molecule has 0 unspecified atom stereocenters. The number of amides is 2. The minimum absolute atomic E-state index is 0.0589. The molecule has 0 bridgehead atoms. The summed E-state index contributed by atoms with van der Waals surface area (Å²) in [5, 5.41) is 0. The monoisotopic (exact) mass is 433 g/mol. The predicted molar refractivity (Wildman–Crippen MR) is 111 cm³/mol. The SMILES string of the molecule is Cc1cccc(C(=O)N2CCN(c3ccc(C(=O)N=C(N)N)cc3C(F)(F)F)CC2)c1. The first-order valence-corrected chi connectivity index (χ1v) is 9.52. The molecule has 1 aliphatic rings. The molecule has 4 N–H and O–H groups in total. The van der Waals surface area contributed by atoms with E-state index in [1.54, 1.807) is 28.0 Å². The first-order chi connectivity index (χ1) is 14.6. The Hall–Kier alpha value is -3.56. The van der Waals surface area contributed by atoms with E-state index in [4.69, 9.17) is 11.5 Å². The first-order valence-electron chi connectivity index (χ1n) is 9.52. The summed E-state index contributed by atoms with van der Waals surface area (Å²) in [6, 6.07) is 10.4. The van der Waals surface area contributed by atoms with Crippen molar-refractivity contribution in [2.24, 2.45) is 16.5 Å². The van der Waals surface area contributed by atoms with Gasteiger partial charge in [-0.2, -0.15) is 18.2 Å². The molecule has 164 valence electrons. The second kappa shape index (κ2) is 8.66. The van der Waals surface area contributed by atoms with Crippen LogP contribution in [0, 0.1) is 6.92 Å². The molecule has 1 saturated heterocycles. The number of alkyl halides is 3. The van der Waals surface area contributed by atoms with Gasteiger partial charge in [0.25, 0.3) is 11.8 Å². The Kier molecular flexibility index (Phi) is 6.19. The van der Waals surface area contributed by atoms with Crippen LogP contribution in [0.4, 0.5) is 18.9 Å². The van der Waals surface area contributed by atoms with Gasteiger partial charge in [-0.15, -0.1) is 0 Å². The molecular formula is C21H22F3N5O2. The third-order valence-corrected chi connectivity index (χ3v) is 4.95. The molecule has 31 heavy (non-hydrogen) atoms. The number of hydrogen-bond donors (Lipinski definition) is 2. The number of guanidine groups is 1. The summed E-state index contributed by atoms with van der Waals surface area (Å²) < 4.78 is 41.1. The number of hydrogen-bond acceptors (Lipinski definition) is 3. The molecule has 7 nitrogen and oxygen atoms in total. The first kappa shape index (κ1) is 22.1. The van der Waals surface area contributed by atoms with E-state index in [9.17, 15) is 22.8 Å². The van der Waals surface area contributed by atoms with Crippen LogP contribution < -0.4 is 16.4 Å². The molecule has 1 fully saturated rings. The molecular weight excluding hydrogens is 411 g/mol. The Morgan fingerprint density at radius 3 is 2.23 bits per heavy atom. The number of piperazine rings is 1. The number of carbonyl (C=O) groups excluding carboxylic acids is 2. The summed E-state index contributed by atoms with van der Waals surface area (Å²) in [4.78, 5) is 31.1. The van der Waals surface area contributed by atoms with Gasteiger partial charge in [-0.25, -0.2) is 0 Å². The van der Waals surface area contributed by atoms with Crippen molar-refractivity contribution in [1.82, 2.24) is 4.90 Å². The van der Waals surface area contributed by atoms with Gasteiger partial charge in [-0.1, -0.05) is 17.7 Å². The van der Waals surface area contributed by atoms with Gasteiger partial charge < -0.3 is 21.3 Å². The number of rotatable bonds is 3. The van der Waals surface area contributed by atoms with E-state index in [0.29, 0.717) is 5.56 Å². The maximum atomic E-state index is 13.7. The summed E-state index contributed by atoms with van der Waals surface area (Å²) in [6.07, 6.45) is -4.68. The highest BCUT2D eigenvalue weighted by molar-refractivity contribution is 6.02. The lowest BCUT2D eigenvalue weighted by Gasteiger charge is -2.37. The molecule has 3 rings (SSSR count). The van der Waals surface area contributed by atoms with E-state index in [-0.39, 0.29) is 43.3 Å². The molecule has 0 saturated carbocycles. The van der Waals surface area contributed by atoms with Crippen molar-refractivity contribution in [1.29, 1.82) is 0 Å². The zero-order chi connectivity index (χ0) is 22.8. The van der Waals surface area contributed by atoms with E-state index < -0.39 is 23.6 Å². The highest BCUT2D eigenvalue weighted by atomic mass is 19.4. The van der Waals surface area contributed by atoms with Crippen LogP contribution in [0.15, 0.2) is 47.5 Å². The van der Waals surface area contributed by atoms with Crippen LogP contribution in [0.2, 0.25) is 0 Å². The number of carbonyl (C=O) groups is 2. The number of halogens is 3. The standard InChI is InChI=1S/C21H22F3N5O2/c1-13-3-2-4-15(11-13)19(31)29-9-7-28(8-10-29)17-6-5-14(18(30)27-20(25)26)12-16(17)21(22,23)24/h2-6,11-12H,7-10H2,1H3,(H4,25,26,27,30). The van der Waals surface area contributed by atoms with Crippen LogP contribution in [0.5, 0.6) is 0 Å². The smallest absolute Gasteiger partial charge is 0.370 e. The lowest BCUT2D eigenvalue weighted by molar-refractivity contribution is -0.137. The molecule has 0 aliphatic carbocycles. The molecule has 0 radical (unpaired) electrons. The number of aliphatic imine (C=N–C) groups is 1. The second-order valence-electron chi connectivity index (χ2n) is 7.22. The van der Waals surface area contributed by atoms with Gasteiger partial charge in [0.05, 0.1) is 5.56 Å². The van der Waals surface area contributed by atoms with Crippen molar-refractivity contribution in [3.8, 4) is 0 Å². The molecule has 2 amide bonds. The van der Waals surface area contributed by atoms with Crippen molar-refractivity contribution in [3.05, 3.63) is 64.7 Å². The lowest BCUT2D eigenvalue weighted by Crippen LogP contribution is -2.49. The largest absolute Gasteiger partial charge is 0.418 e. The third-order valence-electron chi connectivity index (χ3n) is 4.95. The van der Waals surface area contributed by atoms with E-state index in [0.717, 1.165) is 11.6 Å². The average molecular weight is 433 g/mol. The van der Waals surface area contributed by atoms with Gasteiger partial charge in [0.1, 0.15) is 0 Å². The van der Waals surface area contributed by atoms with Crippen molar-refractivity contribution < 1.29 is 22.8 Å². The summed E-state index contributed by atoms with van der Waals surface area (Å²) in [6.45, 7) is 2.89. The average Bonchev–Trinajstić information content (AvgIpc) is 2.72. The van der Waals surface area contributed by atoms with Crippen LogP contribution in [-0.4, -0.2) is 48.9 Å². The topological polar surface area (TPSA) is 105 Å². The third kappa shape index (κ3) is 5.14. The molecule has 2 aromatic carbocycles. The Labute approximate surface area is 177 Å². The lowest BCUT2D eigenvalue weighted by atomic mass is 10.1. The van der Waals surface area contributed by atoms with E-state index in [1.807, 2.05) is 13.0 Å². The highest BCUT2D eigenvalue weighted by Gasteiger charge is 2.36. The summed E-state index contributed by atoms with van der Waals surface area (Å²) in [5.41, 5.74) is 10.5. The molecule has 0 atom stereocenters. The minimum Gasteiger partial charge on any atom is -0.370 e. The maximum Gasteiger partial charge on any atom is 0.418 e. The number of nitrogens with zero attached hydrogens (tertiary/aromatic N) is 3. The van der Waals surface area contributed by atoms with E-state index in [1.165, 1.54) is 12.1 Å². The quantitative estimate of drug-likeness (QED) is 0.571. The van der Waals surface area contributed by atoms with Crippen molar-refractivity contribution in [2.75, 3.05) is 31.1 Å². The predicted octanol–water partition coefficient (Wildman–Crippen LogP) is 2.39. The molecule has 1 heterocycles. The fraction of sp³-hybridized carbons (Fsp3) is 0.286. The van der Waals surface area contributed by atoms with E-state index in [2.05, 4.69) is 4.99 Å². The molecule has 1 aliphatic heterocycles. The van der Waals surface area contributed by atoms with Gasteiger partial charge in [0.15, 0.2) is 5.96 Å². The number of nitrogens with two attached hydrogens (primary N) is 2. The van der Waals surface area contributed by atoms with Gasteiger partial charge in [0, 0.05) is 43.0 Å². The molecule has 0 spiro atoms. The number of benzene rings is 2. The highest BCUT2D eigenvalue weighted by Crippen LogP contribution is 2.37. The number of aryl methyl sites for hydroxylation is 1. The molecule has 10 heteroatoms. The normalized spacial score (nSPS) is 14.3. The summed E-state index contributed by atoms with van der Waals surface area (Å²) in [5.74, 6) is -1.64. The minimum atomic E-state index is -4.68. The Balaban J connectivity index is 1.80. The fourth-order valence-corrected chi connectivity index (χ4v) is 3.46. The van der Waals surface area contributed by atoms with Crippen LogP contribution in [0.25, 0.3) is 0 Å². The van der Waals surface area contributed by atoms with Crippen LogP contribution >= 0.6 is 0 Å². The summed E-state index contributed by atoms with van der Waals surface area (Å²) >= 11 is 0. The van der Waals surface area contributed by atoms with Crippen LogP contribution in [0.1, 0.15) is 31.8 Å². The second-order valence-corrected chi connectivity index (χ2v) is 7.22. The fourth-order valence-electron chi connectivity index (χ4n) is 3.46. The zero-order valence-electron chi connectivity index (χ0n) is 16.8. The van der Waals surface area contributed by atoms with Gasteiger partial charge in [0.2, 0.25) is 0 Å². The summed E-state index contributed by atoms with van der Waals surface area (Å²) in [7, 11) is 0. The van der Waals surface area contributed by atoms with Crippen LogP contribution in [-0.2, 0) is 6.18 Å². The Morgan fingerprint density at radius 2 is 1.65 bits per heavy atom. The molecule has 0 aromatic heterocycles.